The van der Waals surface area contributed by atoms with E-state index >= 15 is 0 Å². The Morgan fingerprint density at radius 3 is 2.50 bits per heavy atom. The molecule has 0 radical (unpaired) electrons. The van der Waals surface area contributed by atoms with Gasteiger partial charge in [-0.15, -0.1) is 0 Å². The van der Waals surface area contributed by atoms with Crippen LogP contribution in [0.2, 0.25) is 0 Å². The zero-order valence-corrected chi connectivity index (χ0v) is 18.5. The number of rotatable bonds is 6. The van der Waals surface area contributed by atoms with Crippen molar-refractivity contribution in [3.8, 4) is 17.2 Å². The predicted molar refractivity (Wildman–Crippen MR) is 126 cm³/mol. The lowest BCUT2D eigenvalue weighted by atomic mass is 9.96. The van der Waals surface area contributed by atoms with Gasteiger partial charge in [-0.3, -0.25) is 0 Å². The topological polar surface area (TPSA) is 41.1 Å². The summed E-state index contributed by atoms with van der Waals surface area (Å²) in [6.07, 6.45) is 13.2. The van der Waals surface area contributed by atoms with E-state index in [-0.39, 0.29) is 0 Å². The fourth-order valence-corrected chi connectivity index (χ4v) is 3.59. The number of hydrogen-bond donors (Lipinski definition) is 0. The van der Waals surface area contributed by atoms with Gasteiger partial charge in [0.05, 0.1) is 17.3 Å². The first kappa shape index (κ1) is 21.3. The maximum atomic E-state index is 9.61. The fraction of sp³-hybridized carbons (Fsp3) is 0.259. The molecule has 30 heavy (non-hydrogen) atoms. The molecule has 0 aliphatic carbocycles. The lowest BCUT2D eigenvalue weighted by Crippen LogP contribution is -1.96. The van der Waals surface area contributed by atoms with E-state index in [9.17, 15) is 5.26 Å². The summed E-state index contributed by atoms with van der Waals surface area (Å²) in [6.45, 7) is 10.7. The van der Waals surface area contributed by atoms with Gasteiger partial charge in [0.1, 0.15) is 6.07 Å². The van der Waals surface area contributed by atoms with Gasteiger partial charge < -0.3 is 0 Å². The SMILES string of the molecule is C\C=C(/C=C\C(C)=C\CC)c1cc(-c2ccc(C(C)C)cc2)cn2ncc(C#N)c12. The summed E-state index contributed by atoms with van der Waals surface area (Å²) < 4.78 is 1.83. The van der Waals surface area contributed by atoms with Crippen molar-refractivity contribution in [1.29, 1.82) is 5.26 Å². The van der Waals surface area contributed by atoms with Gasteiger partial charge >= 0.3 is 0 Å². The first-order chi connectivity index (χ1) is 14.5. The van der Waals surface area contributed by atoms with Gasteiger partial charge in [-0.25, -0.2) is 4.52 Å². The zero-order chi connectivity index (χ0) is 21.7. The van der Waals surface area contributed by atoms with E-state index in [1.165, 1.54) is 11.1 Å². The molecule has 0 amide bonds. The molecule has 0 saturated carbocycles. The molecule has 3 heteroatoms. The number of pyridine rings is 1. The van der Waals surface area contributed by atoms with Gasteiger partial charge in [0.25, 0.3) is 0 Å². The Morgan fingerprint density at radius 1 is 1.17 bits per heavy atom. The second kappa shape index (κ2) is 9.41. The normalized spacial score (nSPS) is 12.8. The van der Waals surface area contributed by atoms with Crippen LogP contribution in [0.25, 0.3) is 22.2 Å². The molecule has 2 aromatic heterocycles. The highest BCUT2D eigenvalue weighted by molar-refractivity contribution is 5.88. The van der Waals surface area contributed by atoms with Crippen molar-refractivity contribution in [2.75, 3.05) is 0 Å². The van der Waals surface area contributed by atoms with E-state index in [0.29, 0.717) is 11.5 Å². The van der Waals surface area contributed by atoms with Crippen LogP contribution in [0.15, 0.2) is 72.6 Å². The number of aromatic nitrogens is 2. The summed E-state index contributed by atoms with van der Waals surface area (Å²) in [5.74, 6) is 0.501. The summed E-state index contributed by atoms with van der Waals surface area (Å²) in [4.78, 5) is 0. The summed E-state index contributed by atoms with van der Waals surface area (Å²) in [5.41, 5.74) is 8.27. The van der Waals surface area contributed by atoms with Crippen molar-refractivity contribution in [3.63, 3.8) is 0 Å². The average molecular weight is 396 g/mol. The minimum atomic E-state index is 0.501. The third-order valence-corrected chi connectivity index (χ3v) is 5.32. The Kier molecular flexibility index (Phi) is 6.69. The molecule has 0 aliphatic rings. The molecule has 0 unspecified atom stereocenters. The van der Waals surface area contributed by atoms with Crippen LogP contribution in [0.4, 0.5) is 0 Å². The highest BCUT2D eigenvalue weighted by Gasteiger charge is 2.14. The molecule has 0 spiro atoms. The molecular weight excluding hydrogens is 366 g/mol. The summed E-state index contributed by atoms with van der Waals surface area (Å²) in [5, 5.41) is 14.1. The molecule has 3 nitrogen and oxygen atoms in total. The van der Waals surface area contributed by atoms with Crippen molar-refractivity contribution in [3.05, 3.63) is 89.3 Å². The van der Waals surface area contributed by atoms with Gasteiger partial charge in [0.2, 0.25) is 0 Å². The van der Waals surface area contributed by atoms with E-state index in [1.54, 1.807) is 6.20 Å². The Bertz CT molecular complexity index is 1160. The molecule has 0 bridgehead atoms. The predicted octanol–water partition coefficient (Wildman–Crippen LogP) is 7.31. The van der Waals surface area contributed by atoms with Crippen molar-refractivity contribution in [1.82, 2.24) is 9.61 Å². The van der Waals surface area contributed by atoms with Gasteiger partial charge in [0.15, 0.2) is 0 Å². The quantitative estimate of drug-likeness (QED) is 0.410. The third-order valence-electron chi connectivity index (χ3n) is 5.32. The van der Waals surface area contributed by atoms with E-state index in [0.717, 1.165) is 34.2 Å². The lowest BCUT2D eigenvalue weighted by molar-refractivity contribution is 0.867. The van der Waals surface area contributed by atoms with Gasteiger partial charge in [-0.2, -0.15) is 10.4 Å². The Balaban J connectivity index is 2.17. The van der Waals surface area contributed by atoms with Crippen LogP contribution in [-0.2, 0) is 0 Å². The Morgan fingerprint density at radius 2 is 1.90 bits per heavy atom. The molecule has 3 aromatic rings. The van der Waals surface area contributed by atoms with E-state index in [2.05, 4.69) is 93.5 Å². The number of fused-ring (bicyclic) bond motifs is 1. The second-order valence-electron chi connectivity index (χ2n) is 7.82. The van der Waals surface area contributed by atoms with Crippen LogP contribution in [-0.4, -0.2) is 9.61 Å². The molecule has 0 saturated heterocycles. The molecule has 0 fully saturated rings. The largest absolute Gasteiger partial charge is 0.238 e. The lowest BCUT2D eigenvalue weighted by Gasteiger charge is -2.12. The maximum Gasteiger partial charge on any atom is 0.103 e. The molecular formula is C27H29N3. The first-order valence-corrected chi connectivity index (χ1v) is 10.5. The van der Waals surface area contributed by atoms with E-state index < -0.39 is 0 Å². The number of nitriles is 1. The van der Waals surface area contributed by atoms with Crippen LogP contribution >= 0.6 is 0 Å². The number of allylic oxidation sites excluding steroid dienone is 6. The highest BCUT2D eigenvalue weighted by Crippen LogP contribution is 2.31. The number of benzene rings is 1. The highest BCUT2D eigenvalue weighted by atomic mass is 15.2. The summed E-state index contributed by atoms with van der Waals surface area (Å²) in [7, 11) is 0. The molecule has 0 N–H and O–H groups in total. The average Bonchev–Trinajstić information content (AvgIpc) is 3.17. The second-order valence-corrected chi connectivity index (χ2v) is 7.82. The molecule has 3 rings (SSSR count). The maximum absolute atomic E-state index is 9.61. The standard InChI is InChI=1S/C27H29N3/c1-6-8-20(5)9-10-21(7-2)26-15-24(18-30-27(26)25(16-28)17-29-30)23-13-11-22(12-14-23)19(3)4/h7-15,17-19H,6H2,1-5H3/b10-9-,20-8+,21-7+. The van der Waals surface area contributed by atoms with E-state index in [1.807, 2.05) is 17.6 Å². The molecule has 1 aromatic carbocycles. The van der Waals surface area contributed by atoms with Crippen LogP contribution in [0.1, 0.15) is 63.6 Å². The smallest absolute Gasteiger partial charge is 0.103 e. The van der Waals surface area contributed by atoms with Crippen molar-refractivity contribution in [2.24, 2.45) is 0 Å². The minimum Gasteiger partial charge on any atom is -0.238 e. The Hall–Kier alpha value is -3.38. The Labute approximate surface area is 179 Å². The number of nitrogens with zero attached hydrogens (tertiary/aromatic N) is 3. The van der Waals surface area contributed by atoms with Gasteiger partial charge in [0, 0.05) is 17.3 Å². The minimum absolute atomic E-state index is 0.501. The number of hydrogen-bond acceptors (Lipinski definition) is 2. The molecule has 152 valence electrons. The van der Waals surface area contributed by atoms with Gasteiger partial charge in [-0.05, 0) is 49.0 Å². The van der Waals surface area contributed by atoms with E-state index in [4.69, 9.17) is 0 Å². The van der Waals surface area contributed by atoms with Crippen LogP contribution in [0, 0.1) is 11.3 Å². The molecule has 0 aliphatic heterocycles. The zero-order valence-electron chi connectivity index (χ0n) is 18.5. The van der Waals surface area contributed by atoms with Crippen LogP contribution in [0.5, 0.6) is 0 Å². The summed E-state index contributed by atoms with van der Waals surface area (Å²) >= 11 is 0. The van der Waals surface area contributed by atoms with Gasteiger partial charge in [-0.1, -0.05) is 74.9 Å². The first-order valence-electron chi connectivity index (χ1n) is 10.5. The monoisotopic (exact) mass is 395 g/mol. The third kappa shape index (κ3) is 4.44. The summed E-state index contributed by atoms with van der Waals surface area (Å²) in [6, 6.07) is 13.1. The molecule has 2 heterocycles. The van der Waals surface area contributed by atoms with Crippen LogP contribution in [0.3, 0.4) is 0 Å². The van der Waals surface area contributed by atoms with Crippen molar-refractivity contribution < 1.29 is 0 Å². The van der Waals surface area contributed by atoms with Crippen LogP contribution < -0.4 is 0 Å². The molecule has 0 atom stereocenters. The fourth-order valence-electron chi connectivity index (χ4n) is 3.59. The van der Waals surface area contributed by atoms with Crippen molar-refractivity contribution >= 4 is 11.1 Å². The van der Waals surface area contributed by atoms with Crippen molar-refractivity contribution in [2.45, 2.75) is 47.0 Å².